The van der Waals surface area contributed by atoms with E-state index in [1.807, 2.05) is 24.3 Å². The molecule has 1 aromatic carbocycles. The number of likely N-dealkylation sites (tertiary alicyclic amines) is 1. The zero-order valence-electron chi connectivity index (χ0n) is 24.7. The van der Waals surface area contributed by atoms with Gasteiger partial charge in [0, 0.05) is 63.2 Å². The summed E-state index contributed by atoms with van der Waals surface area (Å²) in [6.45, 7) is 17.3. The zero-order chi connectivity index (χ0) is 28.4. The number of hydrogen-bond acceptors (Lipinski definition) is 5. The van der Waals surface area contributed by atoms with Gasteiger partial charge in [0.15, 0.2) is 5.78 Å². The van der Waals surface area contributed by atoms with E-state index in [1.165, 1.54) is 30.5 Å². The highest BCUT2D eigenvalue weighted by molar-refractivity contribution is 6.31. The average Bonchev–Trinajstić information content (AvgIpc) is 2.87. The van der Waals surface area contributed by atoms with Gasteiger partial charge in [-0.25, -0.2) is 0 Å². The molecule has 5 nitrogen and oxygen atoms in total. The van der Waals surface area contributed by atoms with Crippen molar-refractivity contribution in [2.45, 2.75) is 78.4 Å². The van der Waals surface area contributed by atoms with Crippen LogP contribution >= 0.6 is 11.6 Å². The molecule has 4 rings (SSSR count). The van der Waals surface area contributed by atoms with Crippen molar-refractivity contribution in [1.82, 2.24) is 14.7 Å². The summed E-state index contributed by atoms with van der Waals surface area (Å²) in [5, 5.41) is 0.875. The number of benzene rings is 1. The van der Waals surface area contributed by atoms with Crippen molar-refractivity contribution in [3.63, 3.8) is 0 Å². The topological polar surface area (TPSA) is 36.0 Å². The lowest BCUT2D eigenvalue weighted by atomic mass is 9.89. The molecule has 3 fully saturated rings. The number of allylic oxidation sites excluding steroid dienone is 4. The number of carbonyl (C=O) groups is 1. The van der Waals surface area contributed by atoms with Crippen LogP contribution in [0.3, 0.4) is 0 Å². The Labute approximate surface area is 241 Å². The Bertz CT molecular complexity index is 1060. The first kappa shape index (κ1) is 31.2. The molecular weight excluding hydrogens is 506 g/mol. The molecular formula is C33H48ClN3O2. The number of halogens is 1. The van der Waals surface area contributed by atoms with Crippen LogP contribution in [-0.4, -0.2) is 72.5 Å². The first-order valence-electron chi connectivity index (χ1n) is 14.6. The van der Waals surface area contributed by atoms with Crippen molar-refractivity contribution >= 4 is 17.4 Å². The standard InChI is InChI=1S/C25H39N3O2.C8H9Cl/c1-6-7-12-24(21(4)29)27-15-16-28(20(3)19(27)2)25(22-10-8-11-22)13-9-14-26-17-23(18-26)30-5;1-2-7-5-3-4-6-8(7)9/h9,12-13,20,23H,2,6-8,10-11,14-18H2,1,3-5H3;3-6H,2H2,1H3/b13-9+,24-12-;. The second-order valence-electron chi connectivity index (χ2n) is 10.7. The molecule has 2 heterocycles. The second-order valence-corrected chi connectivity index (χ2v) is 11.1. The first-order valence-corrected chi connectivity index (χ1v) is 15.0. The van der Waals surface area contributed by atoms with Gasteiger partial charge in [-0.2, -0.15) is 0 Å². The smallest absolute Gasteiger partial charge is 0.175 e. The van der Waals surface area contributed by atoms with Gasteiger partial charge in [-0.3, -0.25) is 9.69 Å². The molecule has 0 bridgehead atoms. The molecule has 214 valence electrons. The Morgan fingerprint density at radius 2 is 1.90 bits per heavy atom. The Balaban J connectivity index is 0.000000395. The summed E-state index contributed by atoms with van der Waals surface area (Å²) in [5.41, 5.74) is 5.99. The second kappa shape index (κ2) is 15.4. The van der Waals surface area contributed by atoms with Crippen LogP contribution in [0.5, 0.6) is 0 Å². The quantitative estimate of drug-likeness (QED) is 0.291. The van der Waals surface area contributed by atoms with Gasteiger partial charge in [0.05, 0.1) is 17.8 Å². The minimum atomic E-state index is 0.131. The number of Topliss-reactive ketones (excluding diaryl/α,β-unsaturated/α-hetero) is 1. The predicted molar refractivity (Wildman–Crippen MR) is 164 cm³/mol. The van der Waals surface area contributed by atoms with Crippen LogP contribution in [0.4, 0.5) is 0 Å². The number of methoxy groups -OCH3 is 1. The normalized spacial score (nSPS) is 20.5. The molecule has 2 saturated heterocycles. The van der Waals surface area contributed by atoms with E-state index in [0.717, 1.165) is 68.4 Å². The number of carbonyl (C=O) groups excluding carboxylic acids is 1. The summed E-state index contributed by atoms with van der Waals surface area (Å²) in [7, 11) is 1.79. The van der Waals surface area contributed by atoms with Crippen molar-refractivity contribution in [1.29, 1.82) is 0 Å². The van der Waals surface area contributed by atoms with Crippen molar-refractivity contribution < 1.29 is 9.53 Å². The Kier molecular flexibility index (Phi) is 12.4. The van der Waals surface area contributed by atoms with Crippen LogP contribution in [0.25, 0.3) is 0 Å². The molecule has 6 heteroatoms. The highest BCUT2D eigenvalue weighted by atomic mass is 35.5. The average molecular weight is 554 g/mol. The Hall–Kier alpha value is -2.34. The van der Waals surface area contributed by atoms with Crippen LogP contribution in [0, 0.1) is 0 Å². The molecule has 39 heavy (non-hydrogen) atoms. The van der Waals surface area contributed by atoms with Crippen LogP contribution in [0.2, 0.25) is 5.02 Å². The van der Waals surface area contributed by atoms with Crippen molar-refractivity contribution in [2.24, 2.45) is 0 Å². The lowest BCUT2D eigenvalue weighted by molar-refractivity contribution is -0.115. The number of ketones is 1. The summed E-state index contributed by atoms with van der Waals surface area (Å²) < 4.78 is 5.37. The fourth-order valence-electron chi connectivity index (χ4n) is 5.23. The SMILES string of the molecule is C=C1C(C)N(C(/C=C/CN2CC(OC)C2)=C2CCC2)CCN1/C(=C\CCC)C(C)=O.CCc1ccccc1Cl. The van der Waals surface area contributed by atoms with Gasteiger partial charge in [0.1, 0.15) is 0 Å². The number of rotatable bonds is 10. The molecule has 2 aliphatic heterocycles. The summed E-state index contributed by atoms with van der Waals surface area (Å²) >= 11 is 5.82. The third-order valence-electron chi connectivity index (χ3n) is 8.00. The van der Waals surface area contributed by atoms with E-state index < -0.39 is 0 Å². The molecule has 0 radical (unpaired) electrons. The zero-order valence-corrected chi connectivity index (χ0v) is 25.5. The maximum atomic E-state index is 12.3. The monoisotopic (exact) mass is 553 g/mol. The van der Waals surface area contributed by atoms with Gasteiger partial charge in [0.2, 0.25) is 0 Å². The highest BCUT2D eigenvalue weighted by Gasteiger charge is 2.32. The van der Waals surface area contributed by atoms with Crippen LogP contribution in [0.1, 0.15) is 65.4 Å². The van der Waals surface area contributed by atoms with E-state index in [1.54, 1.807) is 19.6 Å². The maximum absolute atomic E-state index is 12.3. The van der Waals surface area contributed by atoms with Crippen molar-refractivity contribution in [3.8, 4) is 0 Å². The molecule has 0 amide bonds. The molecule has 3 aliphatic rings. The van der Waals surface area contributed by atoms with Gasteiger partial charge < -0.3 is 14.5 Å². The van der Waals surface area contributed by atoms with E-state index in [0.29, 0.717) is 6.10 Å². The minimum absolute atomic E-state index is 0.131. The van der Waals surface area contributed by atoms with Gasteiger partial charge in [-0.05, 0) is 62.3 Å². The first-order chi connectivity index (χ1) is 18.8. The summed E-state index contributed by atoms with van der Waals surface area (Å²) in [5.74, 6) is 0.131. The third kappa shape index (κ3) is 8.33. The molecule has 1 aliphatic carbocycles. The van der Waals surface area contributed by atoms with Crippen molar-refractivity contribution in [2.75, 3.05) is 39.8 Å². The maximum Gasteiger partial charge on any atom is 0.175 e. The predicted octanol–water partition coefficient (Wildman–Crippen LogP) is 7.01. The van der Waals surface area contributed by atoms with Crippen LogP contribution < -0.4 is 0 Å². The molecule has 0 aromatic heterocycles. The van der Waals surface area contributed by atoms with Crippen molar-refractivity contribution in [3.05, 3.63) is 82.3 Å². The molecule has 0 N–H and O–H groups in total. The molecule has 0 spiro atoms. The number of hydrogen-bond donors (Lipinski definition) is 0. The summed E-state index contributed by atoms with van der Waals surface area (Å²) in [6.07, 6.45) is 13.8. The van der Waals surface area contributed by atoms with Crippen LogP contribution in [0.15, 0.2) is 71.7 Å². The van der Waals surface area contributed by atoms with Gasteiger partial charge in [0.25, 0.3) is 0 Å². The van der Waals surface area contributed by atoms with Gasteiger partial charge in [-0.15, -0.1) is 0 Å². The fourth-order valence-corrected chi connectivity index (χ4v) is 5.49. The largest absolute Gasteiger partial charge is 0.379 e. The fraction of sp³-hybridized carbons (Fsp3) is 0.545. The van der Waals surface area contributed by atoms with E-state index in [9.17, 15) is 4.79 Å². The van der Waals surface area contributed by atoms with Gasteiger partial charge >= 0.3 is 0 Å². The van der Waals surface area contributed by atoms with Crippen LogP contribution in [-0.2, 0) is 16.0 Å². The minimum Gasteiger partial charge on any atom is -0.379 e. The molecule has 1 saturated carbocycles. The van der Waals surface area contributed by atoms with Gasteiger partial charge in [-0.1, -0.05) is 68.8 Å². The lowest BCUT2D eigenvalue weighted by Crippen LogP contribution is -2.51. The van der Waals surface area contributed by atoms with E-state index in [2.05, 4.69) is 60.3 Å². The Morgan fingerprint density at radius 3 is 2.44 bits per heavy atom. The number of aryl methyl sites for hydroxylation is 1. The lowest BCUT2D eigenvalue weighted by Gasteiger charge is -2.46. The number of piperazine rings is 1. The molecule has 1 aromatic rings. The summed E-state index contributed by atoms with van der Waals surface area (Å²) in [4.78, 5) is 19.3. The molecule has 1 atom stereocenters. The third-order valence-corrected chi connectivity index (χ3v) is 8.37. The van der Waals surface area contributed by atoms with E-state index >= 15 is 0 Å². The number of ether oxygens (including phenoxy) is 1. The highest BCUT2D eigenvalue weighted by Crippen LogP contribution is 2.35. The molecule has 1 unspecified atom stereocenters. The number of unbranched alkanes of at least 4 members (excludes halogenated alkanes) is 1. The summed E-state index contributed by atoms with van der Waals surface area (Å²) in [6, 6.07) is 8.09. The van der Waals surface area contributed by atoms with E-state index in [4.69, 9.17) is 16.3 Å². The Morgan fingerprint density at radius 1 is 1.18 bits per heavy atom. The number of nitrogens with zero attached hydrogens (tertiary/aromatic N) is 3. The van der Waals surface area contributed by atoms with E-state index in [-0.39, 0.29) is 11.8 Å².